The minimum absolute atomic E-state index is 0.166. The number of hydrogen-bond acceptors (Lipinski definition) is 4. The highest BCUT2D eigenvalue weighted by atomic mass is 16.6. The standard InChI is InChI=1S/C13H24O4/c1-3-5-6-7-9-13(15)17-11-10-16-12(14)8-4-2/h3-11H2,1-2H3. The lowest BCUT2D eigenvalue weighted by atomic mass is 10.2. The van der Waals surface area contributed by atoms with Gasteiger partial charge in [-0.05, 0) is 12.8 Å². The molecule has 0 aromatic heterocycles. The van der Waals surface area contributed by atoms with Gasteiger partial charge >= 0.3 is 11.9 Å². The predicted octanol–water partition coefficient (Wildman–Crippen LogP) is 2.84. The molecule has 0 saturated carbocycles. The lowest BCUT2D eigenvalue weighted by Crippen LogP contribution is -2.13. The fourth-order valence-electron chi connectivity index (χ4n) is 1.36. The van der Waals surface area contributed by atoms with Crippen LogP contribution in [0.4, 0.5) is 0 Å². The van der Waals surface area contributed by atoms with Crippen LogP contribution in [0.3, 0.4) is 0 Å². The van der Waals surface area contributed by atoms with Crippen LogP contribution >= 0.6 is 0 Å². The molecule has 0 radical (unpaired) electrons. The summed E-state index contributed by atoms with van der Waals surface area (Å²) in [5.74, 6) is -0.431. The van der Waals surface area contributed by atoms with Crippen molar-refractivity contribution in [3.05, 3.63) is 0 Å². The van der Waals surface area contributed by atoms with Crippen molar-refractivity contribution in [1.82, 2.24) is 0 Å². The number of esters is 2. The summed E-state index contributed by atoms with van der Waals surface area (Å²) in [4.78, 5) is 22.2. The zero-order valence-corrected chi connectivity index (χ0v) is 11.0. The number of unbranched alkanes of at least 4 members (excludes halogenated alkanes) is 3. The quantitative estimate of drug-likeness (QED) is 0.438. The predicted molar refractivity (Wildman–Crippen MR) is 65.6 cm³/mol. The van der Waals surface area contributed by atoms with E-state index >= 15 is 0 Å². The van der Waals surface area contributed by atoms with Crippen LogP contribution in [0.1, 0.15) is 58.8 Å². The Labute approximate surface area is 104 Å². The molecule has 0 heterocycles. The number of carbonyl (C=O) groups is 2. The van der Waals surface area contributed by atoms with Crippen LogP contribution in [-0.2, 0) is 19.1 Å². The third kappa shape index (κ3) is 11.2. The van der Waals surface area contributed by atoms with E-state index < -0.39 is 0 Å². The number of rotatable bonds is 10. The van der Waals surface area contributed by atoms with Gasteiger partial charge in [0.15, 0.2) is 0 Å². The minimum Gasteiger partial charge on any atom is -0.462 e. The van der Waals surface area contributed by atoms with Crippen LogP contribution in [-0.4, -0.2) is 25.2 Å². The maximum absolute atomic E-state index is 11.2. The summed E-state index contributed by atoms with van der Waals surface area (Å²) in [6, 6.07) is 0. The van der Waals surface area contributed by atoms with Crippen LogP contribution in [0.5, 0.6) is 0 Å². The molecular weight excluding hydrogens is 220 g/mol. The SMILES string of the molecule is CCCCCCC(=O)OCCOC(=O)CCC. The van der Waals surface area contributed by atoms with Crippen LogP contribution in [0.15, 0.2) is 0 Å². The van der Waals surface area contributed by atoms with Gasteiger partial charge in [0.05, 0.1) is 0 Å². The molecule has 0 saturated heterocycles. The molecule has 100 valence electrons. The van der Waals surface area contributed by atoms with Crippen LogP contribution in [0.2, 0.25) is 0 Å². The Morgan fingerprint density at radius 3 is 1.88 bits per heavy atom. The molecule has 0 aliphatic carbocycles. The van der Waals surface area contributed by atoms with E-state index in [1.807, 2.05) is 6.92 Å². The lowest BCUT2D eigenvalue weighted by Gasteiger charge is -2.05. The molecule has 0 aromatic carbocycles. The molecule has 0 aliphatic heterocycles. The van der Waals surface area contributed by atoms with Gasteiger partial charge in [0.25, 0.3) is 0 Å². The maximum Gasteiger partial charge on any atom is 0.305 e. The topological polar surface area (TPSA) is 52.6 Å². The molecular formula is C13H24O4. The first-order chi connectivity index (χ1) is 8.20. The average Bonchev–Trinajstić information content (AvgIpc) is 2.31. The molecule has 0 amide bonds. The third-order valence-electron chi connectivity index (χ3n) is 2.30. The van der Waals surface area contributed by atoms with E-state index in [1.54, 1.807) is 0 Å². The van der Waals surface area contributed by atoms with Gasteiger partial charge in [-0.2, -0.15) is 0 Å². The Bertz CT molecular complexity index is 213. The van der Waals surface area contributed by atoms with Crippen molar-refractivity contribution < 1.29 is 19.1 Å². The van der Waals surface area contributed by atoms with E-state index in [-0.39, 0.29) is 25.2 Å². The summed E-state index contributed by atoms with van der Waals surface area (Å²) < 4.78 is 9.79. The Hall–Kier alpha value is -1.06. The fourth-order valence-corrected chi connectivity index (χ4v) is 1.36. The van der Waals surface area contributed by atoms with Gasteiger partial charge in [-0.3, -0.25) is 9.59 Å². The van der Waals surface area contributed by atoms with Crippen molar-refractivity contribution in [2.24, 2.45) is 0 Å². The molecule has 0 N–H and O–H groups in total. The Kier molecular flexibility index (Phi) is 10.7. The van der Waals surface area contributed by atoms with E-state index in [2.05, 4.69) is 6.92 Å². The van der Waals surface area contributed by atoms with Crippen molar-refractivity contribution in [1.29, 1.82) is 0 Å². The van der Waals surface area contributed by atoms with Gasteiger partial charge in [-0.15, -0.1) is 0 Å². The van der Waals surface area contributed by atoms with Crippen molar-refractivity contribution in [2.75, 3.05) is 13.2 Å². The summed E-state index contributed by atoms with van der Waals surface area (Å²) in [5.41, 5.74) is 0. The maximum atomic E-state index is 11.2. The number of ether oxygens (including phenoxy) is 2. The summed E-state index contributed by atoms with van der Waals surface area (Å²) in [6.07, 6.45) is 5.91. The average molecular weight is 244 g/mol. The third-order valence-corrected chi connectivity index (χ3v) is 2.30. The van der Waals surface area contributed by atoms with E-state index in [1.165, 1.54) is 0 Å². The molecule has 4 heteroatoms. The second kappa shape index (κ2) is 11.4. The molecule has 0 aromatic rings. The molecule has 0 rings (SSSR count). The monoisotopic (exact) mass is 244 g/mol. The Morgan fingerprint density at radius 2 is 1.35 bits per heavy atom. The van der Waals surface area contributed by atoms with Crippen LogP contribution in [0.25, 0.3) is 0 Å². The first-order valence-electron chi connectivity index (χ1n) is 6.52. The van der Waals surface area contributed by atoms with E-state index in [0.29, 0.717) is 12.8 Å². The molecule has 0 spiro atoms. The lowest BCUT2D eigenvalue weighted by molar-refractivity contribution is -0.152. The van der Waals surface area contributed by atoms with Gasteiger partial charge in [0.1, 0.15) is 13.2 Å². The highest BCUT2D eigenvalue weighted by Gasteiger charge is 2.04. The molecule has 0 unspecified atom stereocenters. The van der Waals surface area contributed by atoms with E-state index in [0.717, 1.165) is 32.1 Å². The molecule has 0 bridgehead atoms. The zero-order chi connectivity index (χ0) is 12.9. The highest BCUT2D eigenvalue weighted by Crippen LogP contribution is 2.03. The first kappa shape index (κ1) is 15.9. The summed E-state index contributed by atoms with van der Waals surface area (Å²) in [5, 5.41) is 0. The second-order valence-corrected chi connectivity index (χ2v) is 4.00. The molecule has 0 fully saturated rings. The normalized spacial score (nSPS) is 10.0. The largest absolute Gasteiger partial charge is 0.462 e. The second-order valence-electron chi connectivity index (χ2n) is 4.00. The van der Waals surface area contributed by atoms with Crippen LogP contribution < -0.4 is 0 Å². The summed E-state index contributed by atoms with van der Waals surface area (Å²) in [6.45, 7) is 4.38. The fraction of sp³-hybridized carbons (Fsp3) is 0.846. The molecule has 17 heavy (non-hydrogen) atoms. The van der Waals surface area contributed by atoms with Gasteiger partial charge in [0.2, 0.25) is 0 Å². The van der Waals surface area contributed by atoms with Crippen LogP contribution in [0, 0.1) is 0 Å². The van der Waals surface area contributed by atoms with Crippen molar-refractivity contribution >= 4 is 11.9 Å². The molecule has 4 nitrogen and oxygen atoms in total. The summed E-state index contributed by atoms with van der Waals surface area (Å²) >= 11 is 0. The van der Waals surface area contributed by atoms with Gasteiger partial charge in [-0.1, -0.05) is 33.1 Å². The summed E-state index contributed by atoms with van der Waals surface area (Å²) in [7, 11) is 0. The van der Waals surface area contributed by atoms with Crippen molar-refractivity contribution in [3.63, 3.8) is 0 Å². The van der Waals surface area contributed by atoms with E-state index in [4.69, 9.17) is 9.47 Å². The van der Waals surface area contributed by atoms with Gasteiger partial charge < -0.3 is 9.47 Å². The van der Waals surface area contributed by atoms with Crippen molar-refractivity contribution in [3.8, 4) is 0 Å². The van der Waals surface area contributed by atoms with Gasteiger partial charge in [-0.25, -0.2) is 0 Å². The van der Waals surface area contributed by atoms with Crippen molar-refractivity contribution in [2.45, 2.75) is 58.8 Å². The van der Waals surface area contributed by atoms with Gasteiger partial charge in [0, 0.05) is 12.8 Å². The van der Waals surface area contributed by atoms with E-state index in [9.17, 15) is 9.59 Å². The first-order valence-corrected chi connectivity index (χ1v) is 6.52. The Balaban J connectivity index is 3.30. The zero-order valence-electron chi connectivity index (χ0n) is 11.0. The number of carbonyl (C=O) groups excluding carboxylic acids is 2. The highest BCUT2D eigenvalue weighted by molar-refractivity contribution is 5.70. The Morgan fingerprint density at radius 1 is 0.765 bits per heavy atom. The minimum atomic E-state index is -0.230. The molecule has 0 aliphatic rings. The molecule has 0 atom stereocenters. The number of hydrogen-bond donors (Lipinski definition) is 0. The smallest absolute Gasteiger partial charge is 0.305 e.